The fourth-order valence-electron chi connectivity index (χ4n) is 1.23. The number of carbonyl (C=O) groups is 1. The lowest BCUT2D eigenvalue weighted by Gasteiger charge is -2.10. The van der Waals surface area contributed by atoms with Crippen LogP contribution in [0.2, 0.25) is 0 Å². The number of hydrogen-bond acceptors (Lipinski definition) is 4. The number of nitro benzene ring substituents is 1. The second-order valence-electron chi connectivity index (χ2n) is 3.69. The molecular weight excluding hydrogens is 222 g/mol. The number of hydrogen-bond donors (Lipinski definition) is 2. The third-order valence-corrected chi connectivity index (χ3v) is 2.37. The van der Waals surface area contributed by atoms with Crippen molar-refractivity contribution in [2.45, 2.75) is 19.4 Å². The van der Waals surface area contributed by atoms with Crippen LogP contribution in [-0.4, -0.2) is 23.4 Å². The number of non-ortho nitro benzene ring substituents is 1. The average molecular weight is 237 g/mol. The molecule has 6 heteroatoms. The van der Waals surface area contributed by atoms with E-state index in [-0.39, 0.29) is 23.2 Å². The fourth-order valence-corrected chi connectivity index (χ4v) is 1.23. The molecule has 1 aromatic rings. The zero-order valence-corrected chi connectivity index (χ0v) is 9.55. The summed E-state index contributed by atoms with van der Waals surface area (Å²) in [7, 11) is 0. The number of benzene rings is 1. The predicted octanol–water partition coefficient (Wildman–Crippen LogP) is 1.06. The van der Waals surface area contributed by atoms with E-state index >= 15 is 0 Å². The fraction of sp³-hybridized carbons (Fsp3) is 0.364. The summed E-state index contributed by atoms with van der Waals surface area (Å²) in [6.07, 6.45) is 0.759. The van der Waals surface area contributed by atoms with Crippen molar-refractivity contribution in [3.63, 3.8) is 0 Å². The first-order valence-corrected chi connectivity index (χ1v) is 5.32. The number of nitrogens with one attached hydrogen (secondary N) is 1. The molecule has 1 unspecified atom stereocenters. The minimum atomic E-state index is -0.533. The minimum absolute atomic E-state index is 0.0994. The van der Waals surface area contributed by atoms with Crippen LogP contribution >= 0.6 is 0 Å². The van der Waals surface area contributed by atoms with Crippen molar-refractivity contribution in [1.29, 1.82) is 0 Å². The molecule has 17 heavy (non-hydrogen) atoms. The van der Waals surface area contributed by atoms with Crippen molar-refractivity contribution in [2.24, 2.45) is 5.73 Å². The lowest BCUT2D eigenvalue weighted by atomic mass is 10.2. The minimum Gasteiger partial charge on any atom is -0.350 e. The van der Waals surface area contributed by atoms with Gasteiger partial charge in [0.2, 0.25) is 0 Å². The van der Waals surface area contributed by atoms with E-state index < -0.39 is 4.92 Å². The van der Waals surface area contributed by atoms with Gasteiger partial charge in [0.05, 0.1) is 4.92 Å². The Morgan fingerprint density at radius 2 is 2.29 bits per heavy atom. The van der Waals surface area contributed by atoms with Gasteiger partial charge in [-0.05, 0) is 12.5 Å². The second-order valence-corrected chi connectivity index (χ2v) is 3.69. The molecule has 3 N–H and O–H groups in total. The number of nitrogens with two attached hydrogens (primary N) is 1. The number of nitrogens with zero attached hydrogens (tertiary/aromatic N) is 1. The molecule has 0 aliphatic heterocycles. The largest absolute Gasteiger partial charge is 0.350 e. The van der Waals surface area contributed by atoms with Gasteiger partial charge in [-0.25, -0.2) is 0 Å². The summed E-state index contributed by atoms with van der Waals surface area (Å²) < 4.78 is 0. The third-order valence-electron chi connectivity index (χ3n) is 2.37. The van der Waals surface area contributed by atoms with Crippen molar-refractivity contribution in [2.75, 3.05) is 6.54 Å². The molecular formula is C11H15N3O3. The Morgan fingerprint density at radius 1 is 1.59 bits per heavy atom. The number of rotatable bonds is 5. The van der Waals surface area contributed by atoms with Crippen LogP contribution in [0.4, 0.5) is 5.69 Å². The van der Waals surface area contributed by atoms with Gasteiger partial charge >= 0.3 is 0 Å². The van der Waals surface area contributed by atoms with Gasteiger partial charge in [0.25, 0.3) is 11.6 Å². The summed E-state index contributed by atoms with van der Waals surface area (Å²) in [4.78, 5) is 21.7. The van der Waals surface area contributed by atoms with Gasteiger partial charge in [0, 0.05) is 30.3 Å². The Morgan fingerprint density at radius 3 is 2.88 bits per heavy atom. The van der Waals surface area contributed by atoms with Crippen molar-refractivity contribution in [3.8, 4) is 0 Å². The van der Waals surface area contributed by atoms with Crippen LogP contribution < -0.4 is 11.1 Å². The summed E-state index contributed by atoms with van der Waals surface area (Å²) in [5.74, 6) is -0.349. The van der Waals surface area contributed by atoms with Gasteiger partial charge in [0.15, 0.2) is 0 Å². The van der Waals surface area contributed by atoms with Crippen LogP contribution in [-0.2, 0) is 0 Å². The van der Waals surface area contributed by atoms with Gasteiger partial charge in [-0.3, -0.25) is 14.9 Å². The smallest absolute Gasteiger partial charge is 0.270 e. The monoisotopic (exact) mass is 237 g/mol. The lowest BCUT2D eigenvalue weighted by Crippen LogP contribution is -2.36. The number of nitro groups is 1. The Hall–Kier alpha value is -1.95. The molecule has 0 saturated carbocycles. The highest BCUT2D eigenvalue weighted by molar-refractivity contribution is 5.94. The Kier molecular flexibility index (Phi) is 4.59. The van der Waals surface area contributed by atoms with E-state index in [1.165, 1.54) is 24.3 Å². The summed E-state index contributed by atoms with van der Waals surface area (Å²) in [6, 6.07) is 5.49. The molecule has 0 aliphatic carbocycles. The van der Waals surface area contributed by atoms with Crippen molar-refractivity contribution < 1.29 is 9.72 Å². The van der Waals surface area contributed by atoms with E-state index in [0.717, 1.165) is 6.42 Å². The highest BCUT2D eigenvalue weighted by atomic mass is 16.6. The molecule has 6 nitrogen and oxygen atoms in total. The zero-order chi connectivity index (χ0) is 12.8. The van der Waals surface area contributed by atoms with Crippen LogP contribution in [0.1, 0.15) is 23.7 Å². The highest BCUT2D eigenvalue weighted by Crippen LogP contribution is 2.12. The summed E-state index contributed by atoms with van der Waals surface area (Å²) in [5, 5.41) is 13.2. The summed E-state index contributed by atoms with van der Waals surface area (Å²) in [5.41, 5.74) is 5.82. The normalized spacial score (nSPS) is 11.9. The van der Waals surface area contributed by atoms with E-state index in [9.17, 15) is 14.9 Å². The van der Waals surface area contributed by atoms with E-state index in [1.54, 1.807) is 0 Å². The molecule has 0 aromatic heterocycles. The lowest BCUT2D eigenvalue weighted by molar-refractivity contribution is -0.384. The summed E-state index contributed by atoms with van der Waals surface area (Å²) >= 11 is 0. The van der Waals surface area contributed by atoms with Gasteiger partial charge in [0.1, 0.15) is 0 Å². The van der Waals surface area contributed by atoms with E-state index in [1.807, 2.05) is 6.92 Å². The molecule has 1 amide bonds. The molecule has 0 fully saturated rings. The maximum absolute atomic E-state index is 11.7. The SMILES string of the molecule is CCC(N)CNC(=O)c1cccc([N+](=O)[O-])c1. The van der Waals surface area contributed by atoms with Crippen molar-refractivity contribution >= 4 is 11.6 Å². The van der Waals surface area contributed by atoms with Crippen LogP contribution in [0.15, 0.2) is 24.3 Å². The molecule has 0 bridgehead atoms. The molecule has 1 atom stereocenters. The average Bonchev–Trinajstić information content (AvgIpc) is 2.35. The molecule has 92 valence electrons. The van der Waals surface area contributed by atoms with Crippen molar-refractivity contribution in [1.82, 2.24) is 5.32 Å². The first-order chi connectivity index (χ1) is 8.04. The van der Waals surface area contributed by atoms with E-state index in [0.29, 0.717) is 6.54 Å². The van der Waals surface area contributed by atoms with Gasteiger partial charge in [-0.2, -0.15) is 0 Å². The van der Waals surface area contributed by atoms with Gasteiger partial charge in [-0.15, -0.1) is 0 Å². The molecule has 0 saturated heterocycles. The van der Waals surface area contributed by atoms with Crippen LogP contribution in [0.25, 0.3) is 0 Å². The van der Waals surface area contributed by atoms with E-state index in [4.69, 9.17) is 5.73 Å². The van der Waals surface area contributed by atoms with Crippen LogP contribution in [0, 0.1) is 10.1 Å². The molecule has 0 radical (unpaired) electrons. The van der Waals surface area contributed by atoms with E-state index in [2.05, 4.69) is 5.32 Å². The van der Waals surface area contributed by atoms with Crippen molar-refractivity contribution in [3.05, 3.63) is 39.9 Å². The first kappa shape index (κ1) is 13.1. The standard InChI is InChI=1S/C11H15N3O3/c1-2-9(12)7-13-11(15)8-4-3-5-10(6-8)14(16)17/h3-6,9H,2,7,12H2,1H3,(H,13,15). The topological polar surface area (TPSA) is 98.3 Å². The molecule has 1 rings (SSSR count). The van der Waals surface area contributed by atoms with Crippen LogP contribution in [0.5, 0.6) is 0 Å². The maximum atomic E-state index is 11.7. The van der Waals surface area contributed by atoms with Crippen LogP contribution in [0.3, 0.4) is 0 Å². The zero-order valence-electron chi connectivity index (χ0n) is 9.55. The number of carbonyl (C=O) groups excluding carboxylic acids is 1. The third kappa shape index (κ3) is 3.84. The Bertz CT molecular complexity index is 420. The Labute approximate surface area is 99.0 Å². The molecule has 0 aliphatic rings. The second kappa shape index (κ2) is 5.95. The van der Waals surface area contributed by atoms with Gasteiger partial charge < -0.3 is 11.1 Å². The quantitative estimate of drug-likeness (QED) is 0.591. The van der Waals surface area contributed by atoms with Gasteiger partial charge in [-0.1, -0.05) is 13.0 Å². The highest BCUT2D eigenvalue weighted by Gasteiger charge is 2.11. The first-order valence-electron chi connectivity index (χ1n) is 5.32. The number of amides is 1. The molecule has 0 spiro atoms. The predicted molar refractivity (Wildman–Crippen MR) is 63.7 cm³/mol. The maximum Gasteiger partial charge on any atom is 0.270 e. The molecule has 0 heterocycles. The summed E-state index contributed by atoms with van der Waals surface area (Å²) in [6.45, 7) is 2.28. The Balaban J connectivity index is 2.69. The molecule has 1 aromatic carbocycles.